The first kappa shape index (κ1) is 9.59. The third-order valence-corrected chi connectivity index (χ3v) is 2.83. The number of rotatable bonds is 2. The number of hydrogen-bond donors (Lipinski definition) is 1. The zero-order chi connectivity index (χ0) is 11.0. The van der Waals surface area contributed by atoms with Crippen LogP contribution in [0.4, 0.5) is 5.69 Å². The molecule has 3 rings (SSSR count). The van der Waals surface area contributed by atoms with E-state index < -0.39 is 0 Å². The lowest BCUT2D eigenvalue weighted by molar-refractivity contribution is 0.110. The van der Waals surface area contributed by atoms with Crippen molar-refractivity contribution in [3.63, 3.8) is 0 Å². The molecule has 2 N–H and O–H groups in total. The predicted octanol–water partition coefficient (Wildman–Crippen LogP) is 1.03. The Morgan fingerprint density at radius 1 is 1.50 bits per heavy atom. The van der Waals surface area contributed by atoms with Crippen molar-refractivity contribution >= 4 is 11.3 Å². The summed E-state index contributed by atoms with van der Waals surface area (Å²) in [5.41, 5.74) is 7.21. The first-order chi connectivity index (χ1) is 7.81. The fourth-order valence-corrected chi connectivity index (χ4v) is 2.04. The fourth-order valence-electron chi connectivity index (χ4n) is 2.04. The molecule has 84 valence electrons. The molecule has 0 amide bonds. The molecule has 0 radical (unpaired) electrons. The Hall–Kier alpha value is -1.62. The maximum atomic E-state index is 5.68. The number of hydrogen-bond acceptors (Lipinski definition) is 4. The molecule has 5 nitrogen and oxygen atoms in total. The summed E-state index contributed by atoms with van der Waals surface area (Å²) in [7, 11) is 0. The van der Waals surface area contributed by atoms with Crippen LogP contribution in [0.3, 0.4) is 0 Å². The average molecular weight is 218 g/mol. The molecule has 1 unspecified atom stereocenters. The summed E-state index contributed by atoms with van der Waals surface area (Å²) in [6.07, 6.45) is 5.11. The van der Waals surface area contributed by atoms with E-state index in [1.807, 2.05) is 12.1 Å². The standard InChI is InChI=1S/C11H14N4O/c12-8-3-4-11-13-10(14-15(11)7-8)6-9-2-1-5-16-9/h3-4,7,9H,1-2,5-6,12H2. The molecule has 1 fully saturated rings. The van der Waals surface area contributed by atoms with Crippen molar-refractivity contribution in [1.82, 2.24) is 14.6 Å². The molecule has 0 aliphatic carbocycles. The fraction of sp³-hybridized carbons (Fsp3) is 0.455. The molecular weight excluding hydrogens is 204 g/mol. The lowest BCUT2D eigenvalue weighted by atomic mass is 10.2. The van der Waals surface area contributed by atoms with E-state index in [1.54, 1.807) is 10.7 Å². The molecule has 0 spiro atoms. The van der Waals surface area contributed by atoms with Gasteiger partial charge in [0.15, 0.2) is 11.5 Å². The van der Waals surface area contributed by atoms with E-state index in [-0.39, 0.29) is 6.10 Å². The molecular formula is C11H14N4O. The second-order valence-electron chi connectivity index (χ2n) is 4.13. The van der Waals surface area contributed by atoms with Crippen LogP contribution in [-0.4, -0.2) is 27.3 Å². The van der Waals surface area contributed by atoms with Crippen molar-refractivity contribution in [2.24, 2.45) is 0 Å². The quantitative estimate of drug-likeness (QED) is 0.817. The molecule has 2 aromatic heterocycles. The normalized spacial score (nSPS) is 20.6. The summed E-state index contributed by atoms with van der Waals surface area (Å²) in [5, 5.41) is 4.38. The Labute approximate surface area is 93.2 Å². The molecule has 5 heteroatoms. The van der Waals surface area contributed by atoms with Gasteiger partial charge in [-0.25, -0.2) is 9.50 Å². The summed E-state index contributed by atoms with van der Waals surface area (Å²) >= 11 is 0. The van der Waals surface area contributed by atoms with Crippen LogP contribution in [0.5, 0.6) is 0 Å². The number of nitrogen functional groups attached to an aromatic ring is 1. The average Bonchev–Trinajstić information content (AvgIpc) is 2.86. The molecule has 3 heterocycles. The first-order valence-electron chi connectivity index (χ1n) is 5.54. The Balaban J connectivity index is 1.86. The van der Waals surface area contributed by atoms with E-state index in [2.05, 4.69) is 10.1 Å². The van der Waals surface area contributed by atoms with Gasteiger partial charge < -0.3 is 10.5 Å². The van der Waals surface area contributed by atoms with Gasteiger partial charge in [-0.15, -0.1) is 0 Å². The van der Waals surface area contributed by atoms with Crippen LogP contribution in [-0.2, 0) is 11.2 Å². The lowest BCUT2D eigenvalue weighted by Gasteiger charge is -2.04. The van der Waals surface area contributed by atoms with Crippen LogP contribution >= 0.6 is 0 Å². The Morgan fingerprint density at radius 2 is 2.44 bits per heavy atom. The van der Waals surface area contributed by atoms with Gasteiger partial charge in [0.1, 0.15) is 0 Å². The highest BCUT2D eigenvalue weighted by molar-refractivity contribution is 5.46. The van der Waals surface area contributed by atoms with Crippen molar-refractivity contribution in [1.29, 1.82) is 0 Å². The van der Waals surface area contributed by atoms with Gasteiger partial charge >= 0.3 is 0 Å². The maximum Gasteiger partial charge on any atom is 0.155 e. The second-order valence-corrected chi connectivity index (χ2v) is 4.13. The summed E-state index contributed by atoms with van der Waals surface area (Å²) < 4.78 is 7.28. The smallest absolute Gasteiger partial charge is 0.155 e. The van der Waals surface area contributed by atoms with Crippen LogP contribution < -0.4 is 5.73 Å². The predicted molar refractivity (Wildman–Crippen MR) is 60.1 cm³/mol. The van der Waals surface area contributed by atoms with Gasteiger partial charge in [-0.05, 0) is 25.0 Å². The number of nitrogens with two attached hydrogens (primary N) is 1. The van der Waals surface area contributed by atoms with Crippen molar-refractivity contribution in [3.8, 4) is 0 Å². The minimum absolute atomic E-state index is 0.287. The Kier molecular flexibility index (Phi) is 2.25. The van der Waals surface area contributed by atoms with Gasteiger partial charge in [0.25, 0.3) is 0 Å². The topological polar surface area (TPSA) is 65.4 Å². The highest BCUT2D eigenvalue weighted by Gasteiger charge is 2.18. The molecule has 2 aromatic rings. The van der Waals surface area contributed by atoms with Gasteiger partial charge in [-0.3, -0.25) is 0 Å². The van der Waals surface area contributed by atoms with Gasteiger partial charge in [-0.2, -0.15) is 5.10 Å². The van der Waals surface area contributed by atoms with E-state index in [4.69, 9.17) is 10.5 Å². The zero-order valence-corrected chi connectivity index (χ0v) is 8.97. The molecule has 0 bridgehead atoms. The molecule has 0 aromatic carbocycles. The monoisotopic (exact) mass is 218 g/mol. The van der Waals surface area contributed by atoms with E-state index in [0.29, 0.717) is 5.69 Å². The summed E-state index contributed by atoms with van der Waals surface area (Å²) in [4.78, 5) is 4.43. The molecule has 1 atom stereocenters. The number of pyridine rings is 1. The van der Waals surface area contributed by atoms with E-state index in [9.17, 15) is 0 Å². The van der Waals surface area contributed by atoms with Crippen molar-refractivity contribution in [3.05, 3.63) is 24.2 Å². The van der Waals surface area contributed by atoms with Crippen LogP contribution in [0.1, 0.15) is 18.7 Å². The second kappa shape index (κ2) is 3.75. The van der Waals surface area contributed by atoms with Crippen LogP contribution in [0.2, 0.25) is 0 Å². The van der Waals surface area contributed by atoms with E-state index in [0.717, 1.165) is 37.3 Å². The van der Waals surface area contributed by atoms with Gasteiger partial charge in [0, 0.05) is 13.0 Å². The number of aromatic nitrogens is 3. The van der Waals surface area contributed by atoms with E-state index >= 15 is 0 Å². The molecule has 1 saturated heterocycles. The third-order valence-electron chi connectivity index (χ3n) is 2.83. The minimum atomic E-state index is 0.287. The number of anilines is 1. The Morgan fingerprint density at radius 3 is 3.25 bits per heavy atom. The summed E-state index contributed by atoms with van der Waals surface area (Å²) in [6, 6.07) is 3.71. The van der Waals surface area contributed by atoms with Crippen molar-refractivity contribution in [2.75, 3.05) is 12.3 Å². The number of ether oxygens (including phenoxy) is 1. The van der Waals surface area contributed by atoms with Gasteiger partial charge in [0.2, 0.25) is 0 Å². The molecule has 1 aliphatic rings. The highest BCUT2D eigenvalue weighted by atomic mass is 16.5. The minimum Gasteiger partial charge on any atom is -0.397 e. The van der Waals surface area contributed by atoms with Gasteiger partial charge in [-0.1, -0.05) is 0 Å². The molecule has 0 saturated carbocycles. The number of fused-ring (bicyclic) bond motifs is 1. The van der Waals surface area contributed by atoms with Gasteiger partial charge in [0.05, 0.1) is 18.0 Å². The Bertz CT molecular complexity index is 502. The number of nitrogens with zero attached hydrogens (tertiary/aromatic N) is 3. The zero-order valence-electron chi connectivity index (χ0n) is 8.97. The van der Waals surface area contributed by atoms with Crippen molar-refractivity contribution in [2.45, 2.75) is 25.4 Å². The van der Waals surface area contributed by atoms with Crippen LogP contribution in [0.15, 0.2) is 18.3 Å². The first-order valence-corrected chi connectivity index (χ1v) is 5.54. The van der Waals surface area contributed by atoms with Crippen LogP contribution in [0.25, 0.3) is 5.65 Å². The largest absolute Gasteiger partial charge is 0.397 e. The molecule has 16 heavy (non-hydrogen) atoms. The van der Waals surface area contributed by atoms with E-state index in [1.165, 1.54) is 0 Å². The molecule has 1 aliphatic heterocycles. The summed E-state index contributed by atoms with van der Waals surface area (Å²) in [5.74, 6) is 0.831. The van der Waals surface area contributed by atoms with Crippen molar-refractivity contribution < 1.29 is 4.74 Å². The maximum absolute atomic E-state index is 5.68. The highest BCUT2D eigenvalue weighted by Crippen LogP contribution is 2.16. The third kappa shape index (κ3) is 1.74. The SMILES string of the molecule is Nc1ccc2nc(CC3CCCO3)nn2c1. The summed E-state index contributed by atoms with van der Waals surface area (Å²) in [6.45, 7) is 0.866. The van der Waals surface area contributed by atoms with Crippen LogP contribution in [0, 0.1) is 0 Å². The lowest BCUT2D eigenvalue weighted by Crippen LogP contribution is -2.10.